The Morgan fingerprint density at radius 3 is 2.35 bits per heavy atom. The van der Waals surface area contributed by atoms with Gasteiger partial charge in [0.15, 0.2) is 0 Å². The van der Waals surface area contributed by atoms with Crippen LogP contribution in [0, 0.1) is 20.2 Å². The Morgan fingerprint density at radius 2 is 1.74 bits per heavy atom. The summed E-state index contributed by atoms with van der Waals surface area (Å²) in [5.74, 6) is -0.695. The summed E-state index contributed by atoms with van der Waals surface area (Å²) in [7, 11) is 0. The summed E-state index contributed by atoms with van der Waals surface area (Å²) in [6.45, 7) is -0.702. The van der Waals surface area contributed by atoms with Gasteiger partial charge in [-0.05, 0) is 23.8 Å². The molecular formula is C14H10FN3O5. The third-order valence-electron chi connectivity index (χ3n) is 2.97. The van der Waals surface area contributed by atoms with E-state index in [0.29, 0.717) is 11.3 Å². The predicted molar refractivity (Wildman–Crippen MR) is 79.0 cm³/mol. The molecule has 0 heterocycles. The maximum atomic E-state index is 12.6. The van der Waals surface area contributed by atoms with Gasteiger partial charge in [-0.2, -0.15) is 0 Å². The van der Waals surface area contributed by atoms with Crippen LogP contribution in [0.25, 0.3) is 0 Å². The number of carbonyl (C=O) groups excluding carboxylic acids is 1. The Morgan fingerprint density at radius 1 is 1.04 bits per heavy atom. The number of nitrogens with one attached hydrogen (secondary N) is 1. The van der Waals surface area contributed by atoms with E-state index in [1.54, 1.807) is 6.07 Å². The number of nitrogens with zero attached hydrogens (tertiary/aromatic N) is 2. The van der Waals surface area contributed by atoms with Crippen LogP contribution < -0.4 is 5.32 Å². The van der Waals surface area contributed by atoms with Gasteiger partial charge in [0.05, 0.1) is 9.85 Å². The number of alkyl halides is 1. The molecule has 0 aliphatic carbocycles. The van der Waals surface area contributed by atoms with Crippen molar-refractivity contribution in [1.82, 2.24) is 0 Å². The van der Waals surface area contributed by atoms with Crippen molar-refractivity contribution >= 4 is 23.0 Å². The zero-order valence-corrected chi connectivity index (χ0v) is 11.6. The van der Waals surface area contributed by atoms with Gasteiger partial charge < -0.3 is 5.32 Å². The van der Waals surface area contributed by atoms with Gasteiger partial charge in [-0.3, -0.25) is 25.0 Å². The Kier molecular flexibility index (Phi) is 4.60. The molecule has 0 saturated heterocycles. The quantitative estimate of drug-likeness (QED) is 0.671. The first kappa shape index (κ1) is 16.0. The molecule has 8 nitrogen and oxygen atoms in total. The minimum atomic E-state index is -0.932. The molecule has 2 aromatic carbocycles. The summed E-state index contributed by atoms with van der Waals surface area (Å²) in [5, 5.41) is 24.1. The van der Waals surface area contributed by atoms with Gasteiger partial charge in [-0.1, -0.05) is 12.1 Å². The Balaban J connectivity index is 2.30. The number of hydrogen-bond acceptors (Lipinski definition) is 5. The Hall–Kier alpha value is -3.36. The molecule has 9 heteroatoms. The van der Waals surface area contributed by atoms with Gasteiger partial charge in [-0.15, -0.1) is 0 Å². The van der Waals surface area contributed by atoms with E-state index >= 15 is 0 Å². The van der Waals surface area contributed by atoms with Crippen molar-refractivity contribution in [3.05, 3.63) is 73.8 Å². The van der Waals surface area contributed by atoms with Gasteiger partial charge >= 0.3 is 11.4 Å². The molecule has 0 atom stereocenters. The highest BCUT2D eigenvalue weighted by molar-refractivity contribution is 6.05. The fraction of sp³-hybridized carbons (Fsp3) is 0.0714. The summed E-state index contributed by atoms with van der Waals surface area (Å²) >= 11 is 0. The first-order valence-corrected chi connectivity index (χ1v) is 6.31. The lowest BCUT2D eigenvalue weighted by molar-refractivity contribution is -0.422. The number of hydrogen-bond donors (Lipinski definition) is 1. The zero-order chi connectivity index (χ0) is 17.0. The van der Waals surface area contributed by atoms with E-state index in [4.69, 9.17) is 0 Å². The number of amides is 1. The fourth-order valence-electron chi connectivity index (χ4n) is 1.90. The van der Waals surface area contributed by atoms with Gasteiger partial charge in [0, 0.05) is 23.4 Å². The van der Waals surface area contributed by atoms with E-state index in [2.05, 4.69) is 5.32 Å². The molecule has 23 heavy (non-hydrogen) atoms. The van der Waals surface area contributed by atoms with Crippen LogP contribution in [0.15, 0.2) is 42.5 Å². The normalized spacial score (nSPS) is 10.1. The van der Waals surface area contributed by atoms with Crippen LogP contribution in [-0.2, 0) is 6.67 Å². The lowest BCUT2D eigenvalue weighted by atomic mass is 10.1. The van der Waals surface area contributed by atoms with Crippen LogP contribution in [0.3, 0.4) is 0 Å². The van der Waals surface area contributed by atoms with E-state index in [1.165, 1.54) is 18.2 Å². The van der Waals surface area contributed by atoms with Crippen LogP contribution in [0.5, 0.6) is 0 Å². The molecule has 118 valence electrons. The van der Waals surface area contributed by atoms with Crippen LogP contribution in [0.1, 0.15) is 15.9 Å². The number of carbonyl (C=O) groups is 1. The number of anilines is 1. The van der Waals surface area contributed by atoms with E-state index < -0.39 is 33.8 Å². The van der Waals surface area contributed by atoms with Gasteiger partial charge in [0.1, 0.15) is 6.67 Å². The standard InChI is InChI=1S/C14H10FN3O5/c15-8-9-2-1-3-11(6-9)16-14(19)10-4-5-12(17(20)21)13(7-10)18(22)23/h1-7H,8H2,(H,16,19). The van der Waals surface area contributed by atoms with E-state index in [1.807, 2.05) is 0 Å². The van der Waals surface area contributed by atoms with Crippen molar-refractivity contribution in [3.8, 4) is 0 Å². The highest BCUT2D eigenvalue weighted by atomic mass is 19.1. The summed E-state index contributed by atoms with van der Waals surface area (Å²) in [6, 6.07) is 8.85. The minimum absolute atomic E-state index is 0.118. The van der Waals surface area contributed by atoms with Crippen LogP contribution in [0.2, 0.25) is 0 Å². The second kappa shape index (κ2) is 6.60. The van der Waals surface area contributed by atoms with E-state index in [-0.39, 0.29) is 5.56 Å². The average molecular weight is 319 g/mol. The number of halogens is 1. The van der Waals surface area contributed by atoms with Crippen molar-refractivity contribution in [2.75, 3.05) is 5.32 Å². The largest absolute Gasteiger partial charge is 0.346 e. The van der Waals surface area contributed by atoms with Crippen molar-refractivity contribution in [2.24, 2.45) is 0 Å². The topological polar surface area (TPSA) is 115 Å². The molecular weight excluding hydrogens is 309 g/mol. The van der Waals surface area contributed by atoms with Gasteiger partial charge in [0.2, 0.25) is 0 Å². The number of benzene rings is 2. The third kappa shape index (κ3) is 3.64. The molecule has 0 saturated carbocycles. The van der Waals surface area contributed by atoms with Gasteiger partial charge in [-0.25, -0.2) is 4.39 Å². The Labute approximate surface area is 128 Å². The van der Waals surface area contributed by atoms with E-state index in [0.717, 1.165) is 18.2 Å². The minimum Gasteiger partial charge on any atom is -0.322 e. The predicted octanol–water partition coefficient (Wildman–Crippen LogP) is 3.22. The first-order valence-electron chi connectivity index (χ1n) is 6.31. The second-order valence-electron chi connectivity index (χ2n) is 4.51. The van der Waals surface area contributed by atoms with Gasteiger partial charge in [0.25, 0.3) is 5.91 Å². The highest BCUT2D eigenvalue weighted by Crippen LogP contribution is 2.27. The molecule has 0 fully saturated rings. The van der Waals surface area contributed by atoms with Crippen LogP contribution >= 0.6 is 0 Å². The number of nitro benzene ring substituents is 2. The Bertz CT molecular complexity index is 794. The molecule has 2 aromatic rings. The lowest BCUT2D eigenvalue weighted by Crippen LogP contribution is -2.12. The molecule has 0 aromatic heterocycles. The third-order valence-corrected chi connectivity index (χ3v) is 2.97. The highest BCUT2D eigenvalue weighted by Gasteiger charge is 2.25. The maximum absolute atomic E-state index is 12.6. The molecule has 0 bridgehead atoms. The van der Waals surface area contributed by atoms with Crippen molar-refractivity contribution in [1.29, 1.82) is 0 Å². The monoisotopic (exact) mass is 319 g/mol. The number of nitro groups is 2. The summed E-state index contributed by atoms with van der Waals surface area (Å²) in [4.78, 5) is 31.8. The van der Waals surface area contributed by atoms with Crippen LogP contribution in [-0.4, -0.2) is 15.8 Å². The second-order valence-corrected chi connectivity index (χ2v) is 4.51. The summed E-state index contributed by atoms with van der Waals surface area (Å²) in [5.41, 5.74) is -0.928. The smallest absolute Gasteiger partial charge is 0.322 e. The lowest BCUT2D eigenvalue weighted by Gasteiger charge is -2.06. The molecule has 0 aliphatic rings. The van der Waals surface area contributed by atoms with E-state index in [9.17, 15) is 29.4 Å². The number of rotatable bonds is 5. The van der Waals surface area contributed by atoms with Crippen LogP contribution in [0.4, 0.5) is 21.5 Å². The fourth-order valence-corrected chi connectivity index (χ4v) is 1.90. The molecule has 0 unspecified atom stereocenters. The zero-order valence-electron chi connectivity index (χ0n) is 11.6. The summed E-state index contributed by atoms with van der Waals surface area (Å²) < 4.78 is 12.6. The van der Waals surface area contributed by atoms with Crippen molar-refractivity contribution < 1.29 is 19.0 Å². The molecule has 0 spiro atoms. The van der Waals surface area contributed by atoms with Crippen molar-refractivity contribution in [3.63, 3.8) is 0 Å². The average Bonchev–Trinajstić information content (AvgIpc) is 2.54. The first-order chi connectivity index (χ1) is 10.9. The maximum Gasteiger partial charge on any atom is 0.346 e. The summed E-state index contributed by atoms with van der Waals surface area (Å²) in [6.07, 6.45) is 0. The molecule has 2 rings (SSSR count). The molecule has 0 radical (unpaired) electrons. The SMILES string of the molecule is O=C(Nc1cccc(CF)c1)c1ccc([N+](=O)[O-])c([N+](=O)[O-])c1. The molecule has 1 N–H and O–H groups in total. The van der Waals surface area contributed by atoms with Crippen molar-refractivity contribution in [2.45, 2.75) is 6.67 Å². The molecule has 0 aliphatic heterocycles. The molecule has 1 amide bonds.